The summed E-state index contributed by atoms with van der Waals surface area (Å²) in [7, 11) is 3.11. The van der Waals surface area contributed by atoms with E-state index in [0.29, 0.717) is 37.5 Å². The molecule has 0 atom stereocenters. The highest BCUT2D eigenvalue weighted by Gasteiger charge is 2.28. The molecular formula is C24H33N5O5. The van der Waals surface area contributed by atoms with Gasteiger partial charge in [-0.2, -0.15) is 5.10 Å². The Hall–Kier alpha value is -3.14. The van der Waals surface area contributed by atoms with Crippen molar-refractivity contribution in [1.82, 2.24) is 24.1 Å². The highest BCUT2D eigenvalue weighted by molar-refractivity contribution is 5.94. The number of methoxy groups -OCH3 is 1. The topological polar surface area (TPSA) is 98.9 Å². The summed E-state index contributed by atoms with van der Waals surface area (Å²) in [5.74, 6) is -0.487. The fourth-order valence-corrected chi connectivity index (χ4v) is 4.68. The number of fused-ring (bicyclic) bond motifs is 1. The monoisotopic (exact) mass is 471 g/mol. The average molecular weight is 472 g/mol. The van der Waals surface area contributed by atoms with Gasteiger partial charge in [0.05, 0.1) is 7.11 Å². The van der Waals surface area contributed by atoms with Crippen molar-refractivity contribution in [3.05, 3.63) is 45.1 Å². The fourth-order valence-electron chi connectivity index (χ4n) is 4.68. The van der Waals surface area contributed by atoms with E-state index in [1.54, 1.807) is 27.3 Å². The zero-order valence-corrected chi connectivity index (χ0v) is 20.2. The van der Waals surface area contributed by atoms with Gasteiger partial charge in [-0.1, -0.05) is 6.42 Å². The number of hydrogen-bond acceptors (Lipinski definition) is 7. The molecule has 10 heteroatoms. The third kappa shape index (κ3) is 5.01. The SMILES string of the molecule is COC(=O)c1c(OCCN2CCCCC2)cc(=O)n2c1CCN(C(=O)c1cc(C)n(C)n1)CC2. The second-order valence-corrected chi connectivity index (χ2v) is 8.90. The Labute approximate surface area is 199 Å². The number of aromatic nitrogens is 3. The summed E-state index contributed by atoms with van der Waals surface area (Å²) in [6.45, 7) is 6.08. The molecule has 1 amide bonds. The van der Waals surface area contributed by atoms with Gasteiger partial charge >= 0.3 is 5.97 Å². The van der Waals surface area contributed by atoms with Crippen molar-refractivity contribution >= 4 is 11.9 Å². The molecule has 0 aromatic carbocycles. The summed E-state index contributed by atoms with van der Waals surface area (Å²) in [6.07, 6.45) is 3.95. The summed E-state index contributed by atoms with van der Waals surface area (Å²) in [5.41, 5.74) is 1.81. The lowest BCUT2D eigenvalue weighted by atomic mass is 10.1. The van der Waals surface area contributed by atoms with Gasteiger partial charge in [-0.3, -0.25) is 19.2 Å². The van der Waals surface area contributed by atoms with E-state index < -0.39 is 5.97 Å². The van der Waals surface area contributed by atoms with Crippen LogP contribution in [0.3, 0.4) is 0 Å². The minimum atomic E-state index is -0.545. The van der Waals surface area contributed by atoms with Crippen LogP contribution in [0.5, 0.6) is 5.75 Å². The standard InChI is InChI=1S/C24H33N5O5/c1-17-15-18(25-26(17)2)23(31)28-10-7-19-22(24(32)33-3)20(16-21(30)29(19)12-11-28)34-14-13-27-8-5-4-6-9-27/h15-16H,4-14H2,1-3H3. The minimum Gasteiger partial charge on any atom is -0.491 e. The molecule has 0 aliphatic carbocycles. The quantitative estimate of drug-likeness (QED) is 0.585. The zero-order chi connectivity index (χ0) is 24.2. The van der Waals surface area contributed by atoms with Gasteiger partial charge < -0.3 is 18.9 Å². The molecule has 0 saturated carbocycles. The summed E-state index contributed by atoms with van der Waals surface area (Å²) in [6, 6.07) is 3.12. The Morgan fingerprint density at radius 2 is 1.82 bits per heavy atom. The van der Waals surface area contributed by atoms with Crippen molar-refractivity contribution in [3.63, 3.8) is 0 Å². The molecule has 0 bridgehead atoms. The summed E-state index contributed by atoms with van der Waals surface area (Å²) in [4.78, 5) is 42.7. The Morgan fingerprint density at radius 1 is 1.06 bits per heavy atom. The van der Waals surface area contributed by atoms with Gasteiger partial charge in [0.15, 0.2) is 5.69 Å². The van der Waals surface area contributed by atoms with Crippen molar-refractivity contribution in [2.45, 2.75) is 39.2 Å². The van der Waals surface area contributed by atoms with Crippen molar-refractivity contribution in [2.24, 2.45) is 7.05 Å². The molecule has 2 aromatic rings. The Bertz CT molecular complexity index is 1100. The van der Waals surface area contributed by atoms with E-state index in [0.717, 1.165) is 25.3 Å². The maximum absolute atomic E-state index is 13.0. The van der Waals surface area contributed by atoms with Crippen molar-refractivity contribution < 1.29 is 19.1 Å². The van der Waals surface area contributed by atoms with Crippen molar-refractivity contribution in [1.29, 1.82) is 0 Å². The van der Waals surface area contributed by atoms with Gasteiger partial charge in [0.25, 0.3) is 11.5 Å². The molecule has 2 aliphatic heterocycles. The van der Waals surface area contributed by atoms with Crippen LogP contribution in [0.25, 0.3) is 0 Å². The average Bonchev–Trinajstić information content (AvgIpc) is 3.03. The van der Waals surface area contributed by atoms with E-state index in [2.05, 4.69) is 10.00 Å². The van der Waals surface area contributed by atoms with Crippen LogP contribution in [0.4, 0.5) is 0 Å². The minimum absolute atomic E-state index is 0.192. The van der Waals surface area contributed by atoms with Gasteiger partial charge in [-0.15, -0.1) is 0 Å². The Balaban J connectivity index is 1.55. The molecular weight excluding hydrogens is 438 g/mol. The third-order valence-electron chi connectivity index (χ3n) is 6.72. The first-order valence-corrected chi connectivity index (χ1v) is 11.9. The first-order valence-electron chi connectivity index (χ1n) is 11.9. The molecule has 2 aromatic heterocycles. The van der Waals surface area contributed by atoms with Gasteiger partial charge in [-0.25, -0.2) is 4.79 Å². The lowest BCUT2D eigenvalue weighted by molar-refractivity contribution is 0.0592. The number of ether oxygens (including phenoxy) is 2. The van der Waals surface area contributed by atoms with Crippen LogP contribution in [0.15, 0.2) is 16.9 Å². The van der Waals surface area contributed by atoms with Crippen LogP contribution >= 0.6 is 0 Å². The summed E-state index contributed by atoms with van der Waals surface area (Å²) < 4.78 is 14.2. The van der Waals surface area contributed by atoms with E-state index in [9.17, 15) is 14.4 Å². The molecule has 4 rings (SSSR count). The molecule has 10 nitrogen and oxygen atoms in total. The number of piperidine rings is 1. The number of rotatable bonds is 6. The molecule has 34 heavy (non-hydrogen) atoms. The predicted molar refractivity (Wildman–Crippen MR) is 125 cm³/mol. The van der Waals surface area contributed by atoms with Crippen LogP contribution < -0.4 is 10.3 Å². The summed E-state index contributed by atoms with van der Waals surface area (Å²) in [5, 5.41) is 4.29. The lowest BCUT2D eigenvalue weighted by Gasteiger charge is -2.26. The van der Waals surface area contributed by atoms with Crippen LogP contribution in [0.2, 0.25) is 0 Å². The first kappa shape index (κ1) is 24.0. The van der Waals surface area contributed by atoms with E-state index in [1.807, 2.05) is 6.92 Å². The highest BCUT2D eigenvalue weighted by atomic mass is 16.5. The van der Waals surface area contributed by atoms with Gasteiger partial charge in [0.1, 0.15) is 17.9 Å². The van der Waals surface area contributed by atoms with Crippen molar-refractivity contribution in [2.75, 3.05) is 46.4 Å². The molecule has 0 radical (unpaired) electrons. The van der Waals surface area contributed by atoms with Crippen LogP contribution in [0, 0.1) is 6.92 Å². The predicted octanol–water partition coefficient (Wildman–Crippen LogP) is 1.24. The molecule has 184 valence electrons. The molecule has 1 fully saturated rings. The maximum Gasteiger partial charge on any atom is 0.343 e. The molecule has 4 heterocycles. The number of carbonyl (C=O) groups is 2. The number of carbonyl (C=O) groups excluding carboxylic acids is 2. The van der Waals surface area contributed by atoms with E-state index in [-0.39, 0.29) is 29.3 Å². The van der Waals surface area contributed by atoms with E-state index in [1.165, 1.54) is 32.4 Å². The van der Waals surface area contributed by atoms with Crippen LogP contribution in [-0.4, -0.2) is 82.5 Å². The van der Waals surface area contributed by atoms with E-state index >= 15 is 0 Å². The smallest absolute Gasteiger partial charge is 0.343 e. The first-order chi connectivity index (χ1) is 16.4. The van der Waals surface area contributed by atoms with Gasteiger partial charge in [-0.05, 0) is 38.9 Å². The van der Waals surface area contributed by atoms with Crippen molar-refractivity contribution in [3.8, 4) is 5.75 Å². The van der Waals surface area contributed by atoms with Crippen LogP contribution in [0.1, 0.15) is 51.5 Å². The third-order valence-corrected chi connectivity index (χ3v) is 6.72. The number of nitrogens with zero attached hydrogens (tertiary/aromatic N) is 5. The molecule has 1 saturated heterocycles. The number of likely N-dealkylation sites (tertiary alicyclic amines) is 1. The molecule has 0 unspecified atom stereocenters. The highest BCUT2D eigenvalue weighted by Crippen LogP contribution is 2.24. The molecule has 2 aliphatic rings. The van der Waals surface area contributed by atoms with Crippen LogP contribution in [-0.2, 0) is 24.8 Å². The van der Waals surface area contributed by atoms with E-state index in [4.69, 9.17) is 9.47 Å². The second kappa shape index (κ2) is 10.4. The number of hydrogen-bond donors (Lipinski definition) is 0. The Kier molecular flexibility index (Phi) is 7.35. The summed E-state index contributed by atoms with van der Waals surface area (Å²) >= 11 is 0. The fraction of sp³-hybridized carbons (Fsp3) is 0.583. The largest absolute Gasteiger partial charge is 0.491 e. The molecule has 0 spiro atoms. The number of aryl methyl sites for hydroxylation is 2. The number of pyridine rings is 1. The zero-order valence-electron chi connectivity index (χ0n) is 20.2. The van der Waals surface area contributed by atoms with Gasteiger partial charge in [0.2, 0.25) is 0 Å². The normalized spacial score (nSPS) is 16.6. The molecule has 0 N–H and O–H groups in total. The van der Waals surface area contributed by atoms with Gasteiger partial charge in [0, 0.05) is 57.1 Å². The maximum atomic E-state index is 13.0. The lowest BCUT2D eigenvalue weighted by Crippen LogP contribution is -2.34. The Morgan fingerprint density at radius 3 is 2.50 bits per heavy atom. The number of esters is 1. The number of amides is 1. The second-order valence-electron chi connectivity index (χ2n) is 8.90.